The van der Waals surface area contributed by atoms with Crippen molar-refractivity contribution in [3.05, 3.63) is 0 Å². The normalized spacial score (nSPS) is 13.7. The average Bonchev–Trinajstić information content (AvgIpc) is 1.84. The van der Waals surface area contributed by atoms with Gasteiger partial charge in [0.2, 0.25) is 0 Å². The van der Waals surface area contributed by atoms with Crippen molar-refractivity contribution in [3.63, 3.8) is 0 Å². The number of halogens is 2. The maximum absolute atomic E-state index is 10.2. The van der Waals surface area contributed by atoms with Crippen molar-refractivity contribution < 1.29 is 9.90 Å². The summed E-state index contributed by atoms with van der Waals surface area (Å²) in [4.78, 5) is 10.2. The van der Waals surface area contributed by atoms with Gasteiger partial charge in [-0.15, -0.1) is 24.8 Å². The summed E-state index contributed by atoms with van der Waals surface area (Å²) in [5.74, 6) is -1.44. The number of aliphatic carboxylic acids is 1. The molecule has 0 fully saturated rings. The first-order valence-corrected chi connectivity index (χ1v) is 2.78. The van der Waals surface area contributed by atoms with Gasteiger partial charge in [-0.25, -0.2) is 0 Å². The summed E-state index contributed by atoms with van der Waals surface area (Å²) in [6.07, 6.45) is 0. The Kier molecular flexibility index (Phi) is 12.6. The number of rotatable bonds is 3. The van der Waals surface area contributed by atoms with E-state index in [-0.39, 0.29) is 31.4 Å². The van der Waals surface area contributed by atoms with Crippen molar-refractivity contribution in [1.82, 2.24) is 0 Å². The molecule has 0 radical (unpaired) electrons. The fourth-order valence-electron chi connectivity index (χ4n) is 0.387. The molecule has 0 rings (SSSR count). The molecule has 0 aromatic rings. The Labute approximate surface area is 78.1 Å². The second-order valence-corrected chi connectivity index (χ2v) is 2.03. The van der Waals surface area contributed by atoms with Crippen LogP contribution in [-0.2, 0) is 4.79 Å². The summed E-state index contributed by atoms with van der Waals surface area (Å²) in [6.45, 7) is 1.76. The Morgan fingerprint density at radius 3 is 2.00 bits per heavy atom. The molecule has 0 amide bonds. The SMILES string of the molecule is CC(C(=O)O)C(N)CN.Cl.Cl. The number of hydrogen-bond acceptors (Lipinski definition) is 3. The Balaban J connectivity index is -0.000000320. The van der Waals surface area contributed by atoms with Gasteiger partial charge in [-0.05, 0) is 0 Å². The van der Waals surface area contributed by atoms with Gasteiger partial charge in [-0.1, -0.05) is 6.92 Å². The fraction of sp³-hybridized carbons (Fsp3) is 0.800. The van der Waals surface area contributed by atoms with Crippen molar-refractivity contribution in [3.8, 4) is 0 Å². The Hall–Kier alpha value is -0.0300. The van der Waals surface area contributed by atoms with E-state index in [1.807, 2.05) is 0 Å². The van der Waals surface area contributed by atoms with Crippen LogP contribution >= 0.6 is 24.8 Å². The van der Waals surface area contributed by atoms with Gasteiger partial charge in [-0.2, -0.15) is 0 Å². The lowest BCUT2D eigenvalue weighted by atomic mass is 10.0. The third kappa shape index (κ3) is 6.37. The van der Waals surface area contributed by atoms with E-state index in [1.54, 1.807) is 6.92 Å². The minimum atomic E-state index is -0.895. The molecule has 11 heavy (non-hydrogen) atoms. The van der Waals surface area contributed by atoms with Gasteiger partial charge >= 0.3 is 5.97 Å². The first-order chi connectivity index (χ1) is 4.09. The van der Waals surface area contributed by atoms with Gasteiger partial charge in [0.1, 0.15) is 0 Å². The Morgan fingerprint density at radius 2 is 1.91 bits per heavy atom. The van der Waals surface area contributed by atoms with E-state index in [0.29, 0.717) is 0 Å². The maximum Gasteiger partial charge on any atom is 0.307 e. The highest BCUT2D eigenvalue weighted by atomic mass is 35.5. The zero-order chi connectivity index (χ0) is 7.44. The second-order valence-electron chi connectivity index (χ2n) is 2.03. The molecular weight excluding hydrogens is 191 g/mol. The van der Waals surface area contributed by atoms with E-state index in [0.717, 1.165) is 0 Å². The molecule has 0 aromatic carbocycles. The minimum Gasteiger partial charge on any atom is -0.481 e. The molecule has 0 aliphatic rings. The van der Waals surface area contributed by atoms with Gasteiger partial charge in [0, 0.05) is 12.6 Å². The first-order valence-electron chi connectivity index (χ1n) is 2.78. The minimum absolute atomic E-state index is 0. The van der Waals surface area contributed by atoms with Crippen LogP contribution in [-0.4, -0.2) is 23.7 Å². The summed E-state index contributed by atoms with van der Waals surface area (Å²) in [7, 11) is 0. The van der Waals surface area contributed by atoms with E-state index in [4.69, 9.17) is 16.6 Å². The predicted octanol–water partition coefficient (Wildman–Crippen LogP) is -0.163. The summed E-state index contributed by atoms with van der Waals surface area (Å²) < 4.78 is 0. The highest BCUT2D eigenvalue weighted by molar-refractivity contribution is 5.85. The van der Waals surface area contributed by atoms with Crippen LogP contribution in [0.15, 0.2) is 0 Å². The predicted molar refractivity (Wildman–Crippen MR) is 48.3 cm³/mol. The topological polar surface area (TPSA) is 89.3 Å². The lowest BCUT2D eigenvalue weighted by Gasteiger charge is -2.12. The standard InChI is InChI=1S/C5H12N2O2.2ClH/c1-3(5(8)9)4(7)2-6;;/h3-4H,2,6-7H2,1H3,(H,8,9);2*1H. The third-order valence-corrected chi connectivity index (χ3v) is 1.30. The molecular formula is C5H14Cl2N2O2. The number of carbonyl (C=O) groups is 1. The number of carboxylic acids is 1. The summed E-state index contributed by atoms with van der Waals surface area (Å²) in [6, 6.07) is -0.428. The number of nitrogens with two attached hydrogens (primary N) is 2. The summed E-state index contributed by atoms with van der Waals surface area (Å²) in [5, 5.41) is 8.35. The lowest BCUT2D eigenvalue weighted by Crippen LogP contribution is -2.39. The van der Waals surface area contributed by atoms with Crippen LogP contribution in [0.1, 0.15) is 6.92 Å². The molecule has 0 saturated carbocycles. The van der Waals surface area contributed by atoms with E-state index in [2.05, 4.69) is 0 Å². The Morgan fingerprint density at radius 1 is 1.55 bits per heavy atom. The zero-order valence-corrected chi connectivity index (χ0v) is 7.82. The van der Waals surface area contributed by atoms with E-state index >= 15 is 0 Å². The van der Waals surface area contributed by atoms with Gasteiger partial charge in [0.25, 0.3) is 0 Å². The molecule has 70 valence electrons. The van der Waals surface area contributed by atoms with Gasteiger partial charge in [-0.3, -0.25) is 4.79 Å². The molecule has 0 heterocycles. The van der Waals surface area contributed by atoms with Crippen molar-refractivity contribution >= 4 is 30.8 Å². The molecule has 0 spiro atoms. The molecule has 5 N–H and O–H groups in total. The molecule has 4 nitrogen and oxygen atoms in total. The average molecular weight is 205 g/mol. The molecule has 0 saturated heterocycles. The van der Waals surface area contributed by atoms with Crippen LogP contribution in [0.3, 0.4) is 0 Å². The van der Waals surface area contributed by atoms with Crippen LogP contribution < -0.4 is 11.5 Å². The van der Waals surface area contributed by atoms with Crippen LogP contribution in [0, 0.1) is 5.92 Å². The molecule has 2 unspecified atom stereocenters. The highest BCUT2D eigenvalue weighted by Gasteiger charge is 2.17. The third-order valence-electron chi connectivity index (χ3n) is 1.30. The molecule has 6 heteroatoms. The van der Waals surface area contributed by atoms with Crippen LogP contribution in [0.4, 0.5) is 0 Å². The highest BCUT2D eigenvalue weighted by Crippen LogP contribution is 1.97. The van der Waals surface area contributed by atoms with Crippen LogP contribution in [0.5, 0.6) is 0 Å². The van der Waals surface area contributed by atoms with Gasteiger partial charge in [0.05, 0.1) is 5.92 Å². The number of hydrogen-bond donors (Lipinski definition) is 3. The van der Waals surface area contributed by atoms with E-state index in [1.165, 1.54) is 0 Å². The summed E-state index contributed by atoms with van der Waals surface area (Å²) in [5.41, 5.74) is 10.4. The van der Waals surface area contributed by atoms with Crippen molar-refractivity contribution in [1.29, 1.82) is 0 Å². The van der Waals surface area contributed by atoms with Crippen molar-refractivity contribution in [2.24, 2.45) is 17.4 Å². The van der Waals surface area contributed by atoms with Crippen LogP contribution in [0.25, 0.3) is 0 Å². The largest absolute Gasteiger partial charge is 0.481 e. The van der Waals surface area contributed by atoms with E-state index < -0.39 is 17.9 Å². The van der Waals surface area contributed by atoms with Crippen LogP contribution in [0.2, 0.25) is 0 Å². The first kappa shape index (κ1) is 17.2. The number of carboxylic acid groups (broad SMARTS) is 1. The molecule has 2 atom stereocenters. The molecule has 0 bridgehead atoms. The second kappa shape index (κ2) is 8.07. The smallest absolute Gasteiger partial charge is 0.307 e. The maximum atomic E-state index is 10.2. The molecule has 0 aliphatic heterocycles. The Bertz CT molecular complexity index is 113. The summed E-state index contributed by atoms with van der Waals surface area (Å²) >= 11 is 0. The molecule has 0 aromatic heterocycles. The zero-order valence-electron chi connectivity index (χ0n) is 6.19. The monoisotopic (exact) mass is 204 g/mol. The quantitative estimate of drug-likeness (QED) is 0.597. The fourth-order valence-corrected chi connectivity index (χ4v) is 0.387. The van der Waals surface area contributed by atoms with Gasteiger partial charge in [0.15, 0.2) is 0 Å². The lowest BCUT2D eigenvalue weighted by molar-refractivity contribution is -0.141. The van der Waals surface area contributed by atoms with Crippen molar-refractivity contribution in [2.45, 2.75) is 13.0 Å². The van der Waals surface area contributed by atoms with Gasteiger partial charge < -0.3 is 16.6 Å². The van der Waals surface area contributed by atoms with Crippen molar-refractivity contribution in [2.75, 3.05) is 6.54 Å². The molecule has 0 aliphatic carbocycles. The van der Waals surface area contributed by atoms with E-state index in [9.17, 15) is 4.79 Å².